The third-order valence-electron chi connectivity index (χ3n) is 3.29. The highest BCUT2D eigenvalue weighted by Crippen LogP contribution is 2.14. The average molecular weight is 281 g/mol. The maximum atomic E-state index is 12.0. The molecule has 1 aliphatic rings. The summed E-state index contributed by atoms with van der Waals surface area (Å²) in [6, 6.07) is -0.602. The smallest absolute Gasteiger partial charge is 0.346 e. The van der Waals surface area contributed by atoms with Gasteiger partial charge in [0.1, 0.15) is 6.54 Å². The van der Waals surface area contributed by atoms with Crippen molar-refractivity contribution in [2.75, 3.05) is 33.2 Å². The van der Waals surface area contributed by atoms with Gasteiger partial charge in [0.25, 0.3) is 0 Å². The molecule has 1 heterocycles. The first kappa shape index (κ1) is 16.2. The molecule has 1 rings (SSSR count). The molecule has 0 bridgehead atoms. The molecule has 1 saturated heterocycles. The molecule has 0 radical (unpaired) electrons. The summed E-state index contributed by atoms with van der Waals surface area (Å²) in [5.41, 5.74) is 0. The molecule has 112 valence electrons. The molecule has 2 N–H and O–H groups in total. The highest BCUT2D eigenvalue weighted by atomic mass is 19.4. The molecule has 2 atom stereocenters. The topological polar surface area (TPSA) is 44.4 Å². The van der Waals surface area contributed by atoms with Gasteiger partial charge in [-0.3, -0.25) is 4.79 Å². The zero-order valence-electron chi connectivity index (χ0n) is 11.4. The summed E-state index contributed by atoms with van der Waals surface area (Å²) < 4.78 is 35.9. The maximum Gasteiger partial charge on any atom is 0.405 e. The number of amides is 1. The predicted octanol–water partition coefficient (Wildman–Crippen LogP) is 0.985. The molecular formula is C12H22F3N3O. The zero-order chi connectivity index (χ0) is 14.5. The number of nitrogens with one attached hydrogen (secondary N) is 2. The molecule has 7 heteroatoms. The summed E-state index contributed by atoms with van der Waals surface area (Å²) in [4.78, 5) is 13.7. The lowest BCUT2D eigenvalue weighted by atomic mass is 9.98. The molecular weight excluding hydrogens is 259 g/mol. The van der Waals surface area contributed by atoms with Gasteiger partial charge in [-0.25, -0.2) is 0 Å². The van der Waals surface area contributed by atoms with E-state index in [0.717, 1.165) is 25.9 Å². The lowest BCUT2D eigenvalue weighted by Gasteiger charge is -2.30. The Labute approximate surface area is 111 Å². The number of nitrogens with zero attached hydrogens (tertiary/aromatic N) is 1. The second-order valence-corrected chi connectivity index (χ2v) is 5.23. The molecule has 1 fully saturated rings. The SMILES string of the molecule is CC(NCC1CCCN(C)C1)C(=O)NCC(F)(F)F. The second-order valence-electron chi connectivity index (χ2n) is 5.23. The molecule has 1 aliphatic heterocycles. The van der Waals surface area contributed by atoms with E-state index in [1.54, 1.807) is 6.92 Å². The van der Waals surface area contributed by atoms with Crippen LogP contribution in [-0.2, 0) is 4.79 Å². The summed E-state index contributed by atoms with van der Waals surface area (Å²) in [6.45, 7) is 3.01. The Balaban J connectivity index is 2.22. The van der Waals surface area contributed by atoms with Gasteiger partial charge in [0.15, 0.2) is 0 Å². The van der Waals surface area contributed by atoms with Crippen LogP contribution in [0.3, 0.4) is 0 Å². The van der Waals surface area contributed by atoms with Gasteiger partial charge in [-0.15, -0.1) is 0 Å². The normalized spacial score (nSPS) is 23.1. The van der Waals surface area contributed by atoms with Crippen molar-refractivity contribution in [3.63, 3.8) is 0 Å². The molecule has 0 aromatic heterocycles. The molecule has 4 nitrogen and oxygen atoms in total. The maximum absolute atomic E-state index is 12.0. The van der Waals surface area contributed by atoms with Gasteiger partial charge in [0.05, 0.1) is 6.04 Å². The van der Waals surface area contributed by atoms with E-state index >= 15 is 0 Å². The molecule has 0 aromatic rings. The van der Waals surface area contributed by atoms with E-state index in [-0.39, 0.29) is 0 Å². The summed E-state index contributed by atoms with van der Waals surface area (Å²) in [6.07, 6.45) is -2.15. The van der Waals surface area contributed by atoms with Crippen LogP contribution < -0.4 is 10.6 Å². The molecule has 0 aromatic carbocycles. The van der Waals surface area contributed by atoms with Crippen molar-refractivity contribution in [3.05, 3.63) is 0 Å². The first-order valence-corrected chi connectivity index (χ1v) is 6.54. The largest absolute Gasteiger partial charge is 0.405 e. The van der Waals surface area contributed by atoms with E-state index in [9.17, 15) is 18.0 Å². The minimum absolute atomic E-state index is 0.455. The minimum atomic E-state index is -4.36. The van der Waals surface area contributed by atoms with Gasteiger partial charge < -0.3 is 15.5 Å². The molecule has 0 saturated carbocycles. The van der Waals surface area contributed by atoms with Crippen molar-refractivity contribution in [1.29, 1.82) is 0 Å². The van der Waals surface area contributed by atoms with Gasteiger partial charge in [0, 0.05) is 6.54 Å². The van der Waals surface area contributed by atoms with Gasteiger partial charge in [-0.1, -0.05) is 0 Å². The number of halogens is 3. The van der Waals surface area contributed by atoms with Crippen LogP contribution in [0.25, 0.3) is 0 Å². The Hall–Kier alpha value is -0.820. The monoisotopic (exact) mass is 281 g/mol. The number of carbonyl (C=O) groups is 1. The number of alkyl halides is 3. The first-order valence-electron chi connectivity index (χ1n) is 6.54. The average Bonchev–Trinajstić information content (AvgIpc) is 2.32. The predicted molar refractivity (Wildman–Crippen MR) is 66.8 cm³/mol. The lowest BCUT2D eigenvalue weighted by Crippen LogP contribution is -2.47. The van der Waals surface area contributed by atoms with E-state index in [1.165, 1.54) is 0 Å². The summed E-state index contributed by atoms with van der Waals surface area (Å²) >= 11 is 0. The quantitative estimate of drug-likeness (QED) is 0.790. The summed E-state index contributed by atoms with van der Waals surface area (Å²) in [5, 5.41) is 4.88. The van der Waals surface area contributed by atoms with Crippen molar-refractivity contribution in [3.8, 4) is 0 Å². The van der Waals surface area contributed by atoms with Crippen LogP contribution in [0.15, 0.2) is 0 Å². The van der Waals surface area contributed by atoms with Crippen LogP contribution in [0.4, 0.5) is 13.2 Å². The van der Waals surface area contributed by atoms with E-state index in [1.807, 2.05) is 12.4 Å². The van der Waals surface area contributed by atoms with Crippen LogP contribution in [0.1, 0.15) is 19.8 Å². The third-order valence-corrected chi connectivity index (χ3v) is 3.29. The number of piperidine rings is 1. The summed E-state index contributed by atoms with van der Waals surface area (Å²) in [7, 11) is 2.05. The second kappa shape index (κ2) is 7.09. The minimum Gasteiger partial charge on any atom is -0.346 e. The van der Waals surface area contributed by atoms with E-state index in [4.69, 9.17) is 0 Å². The molecule has 0 aliphatic carbocycles. The van der Waals surface area contributed by atoms with Crippen LogP contribution in [-0.4, -0.2) is 56.3 Å². The van der Waals surface area contributed by atoms with Gasteiger partial charge in [-0.05, 0) is 45.8 Å². The van der Waals surface area contributed by atoms with Crippen molar-refractivity contribution < 1.29 is 18.0 Å². The van der Waals surface area contributed by atoms with E-state index < -0.39 is 24.7 Å². The van der Waals surface area contributed by atoms with E-state index in [2.05, 4.69) is 10.2 Å². The fourth-order valence-electron chi connectivity index (χ4n) is 2.22. The number of hydrogen-bond donors (Lipinski definition) is 2. The standard InChI is InChI=1S/C12H22F3N3O/c1-9(11(19)17-8-12(13,14)15)16-6-10-4-3-5-18(2)7-10/h9-10,16H,3-8H2,1-2H3,(H,17,19). The molecule has 19 heavy (non-hydrogen) atoms. The third kappa shape index (κ3) is 6.77. The number of carbonyl (C=O) groups excluding carboxylic acids is 1. The van der Waals surface area contributed by atoms with Crippen LogP contribution in [0.5, 0.6) is 0 Å². The Bertz CT molecular complexity index is 296. The molecule has 0 spiro atoms. The highest BCUT2D eigenvalue weighted by Gasteiger charge is 2.28. The Morgan fingerprint density at radius 1 is 1.47 bits per heavy atom. The number of hydrogen-bond acceptors (Lipinski definition) is 3. The number of likely N-dealkylation sites (tertiary alicyclic amines) is 1. The Kier molecular flexibility index (Phi) is 6.06. The highest BCUT2D eigenvalue weighted by molar-refractivity contribution is 5.81. The van der Waals surface area contributed by atoms with Crippen LogP contribution in [0.2, 0.25) is 0 Å². The number of rotatable bonds is 5. The summed E-state index contributed by atoms with van der Waals surface area (Å²) in [5.74, 6) is -0.155. The van der Waals surface area contributed by atoms with Gasteiger partial charge in [-0.2, -0.15) is 13.2 Å². The van der Waals surface area contributed by atoms with Crippen LogP contribution in [0, 0.1) is 5.92 Å². The van der Waals surface area contributed by atoms with Gasteiger partial charge >= 0.3 is 6.18 Å². The molecule has 2 unspecified atom stereocenters. The Morgan fingerprint density at radius 3 is 2.74 bits per heavy atom. The van der Waals surface area contributed by atoms with E-state index in [0.29, 0.717) is 12.5 Å². The lowest BCUT2D eigenvalue weighted by molar-refractivity contribution is -0.139. The van der Waals surface area contributed by atoms with Crippen molar-refractivity contribution in [1.82, 2.24) is 15.5 Å². The zero-order valence-corrected chi connectivity index (χ0v) is 11.4. The van der Waals surface area contributed by atoms with Crippen LogP contribution >= 0.6 is 0 Å². The fraction of sp³-hybridized carbons (Fsp3) is 0.917. The molecule has 1 amide bonds. The van der Waals surface area contributed by atoms with Crippen molar-refractivity contribution >= 4 is 5.91 Å². The first-order chi connectivity index (χ1) is 8.78. The fourth-order valence-corrected chi connectivity index (χ4v) is 2.22. The Morgan fingerprint density at radius 2 is 2.16 bits per heavy atom. The van der Waals surface area contributed by atoms with Crippen molar-refractivity contribution in [2.24, 2.45) is 5.92 Å². The van der Waals surface area contributed by atoms with Crippen molar-refractivity contribution in [2.45, 2.75) is 32.0 Å². The van der Waals surface area contributed by atoms with Gasteiger partial charge in [0.2, 0.25) is 5.91 Å².